The molecule has 2 atom stereocenters. The molecule has 1 heterocycles. The van der Waals surface area contributed by atoms with Gasteiger partial charge >= 0.3 is 0 Å². The van der Waals surface area contributed by atoms with E-state index in [1.165, 1.54) is 28.8 Å². The Balaban J connectivity index is 1.49. The van der Waals surface area contributed by atoms with Crippen molar-refractivity contribution in [2.45, 2.75) is 44.2 Å². The van der Waals surface area contributed by atoms with E-state index in [2.05, 4.69) is 53.4 Å². The van der Waals surface area contributed by atoms with E-state index in [4.69, 9.17) is 5.10 Å². The minimum atomic E-state index is -0.577. The van der Waals surface area contributed by atoms with E-state index in [9.17, 15) is 8.78 Å². The van der Waals surface area contributed by atoms with Crippen molar-refractivity contribution in [3.8, 4) is 5.69 Å². The van der Waals surface area contributed by atoms with Crippen molar-refractivity contribution in [1.29, 1.82) is 0 Å². The molecule has 0 saturated heterocycles. The third kappa shape index (κ3) is 3.62. The highest BCUT2D eigenvalue weighted by Crippen LogP contribution is 2.56. The van der Waals surface area contributed by atoms with Gasteiger partial charge in [-0.1, -0.05) is 60.7 Å². The molecule has 3 aromatic carbocycles. The Morgan fingerprint density at radius 1 is 0.818 bits per heavy atom. The van der Waals surface area contributed by atoms with E-state index < -0.39 is 11.6 Å². The van der Waals surface area contributed by atoms with Crippen LogP contribution in [0.25, 0.3) is 5.69 Å². The molecular formula is C28H25F2N3. The van der Waals surface area contributed by atoms with E-state index in [1.54, 1.807) is 4.68 Å². The highest BCUT2D eigenvalue weighted by Gasteiger charge is 2.44. The van der Waals surface area contributed by atoms with Crippen LogP contribution in [0.5, 0.6) is 0 Å². The topological polar surface area (TPSA) is 21.1 Å². The minimum Gasteiger partial charge on any atom is -0.346 e. The Morgan fingerprint density at radius 2 is 1.45 bits per heavy atom. The Morgan fingerprint density at radius 3 is 2.09 bits per heavy atom. The number of nitrogens with zero attached hydrogens (tertiary/aromatic N) is 3. The standard InChI is InChI=1S/C28H25F2N3/c29-23-13-14-25(24(30)16-23)33-27-22-12-11-21(15-22)26(27)28(31-33)32(17-19-7-3-1-4-8-19)18-20-9-5-2-6-10-20/h1-10,13-14,16,21-22H,11-12,15,17-18H2. The van der Waals surface area contributed by atoms with Gasteiger partial charge in [-0.25, -0.2) is 13.5 Å². The summed E-state index contributed by atoms with van der Waals surface area (Å²) >= 11 is 0. The molecule has 0 radical (unpaired) electrons. The molecule has 0 N–H and O–H groups in total. The number of fused-ring (bicyclic) bond motifs is 5. The molecule has 2 aliphatic carbocycles. The zero-order valence-corrected chi connectivity index (χ0v) is 18.3. The number of rotatable bonds is 6. The van der Waals surface area contributed by atoms with Gasteiger partial charge in [0.05, 0.1) is 5.69 Å². The van der Waals surface area contributed by atoms with Gasteiger partial charge in [0.15, 0.2) is 11.6 Å². The number of benzene rings is 3. The molecule has 3 nitrogen and oxygen atoms in total. The summed E-state index contributed by atoms with van der Waals surface area (Å²) in [5, 5.41) is 5.01. The lowest BCUT2D eigenvalue weighted by molar-refractivity contribution is 0.566. The van der Waals surface area contributed by atoms with Crippen LogP contribution in [0.2, 0.25) is 0 Å². The van der Waals surface area contributed by atoms with Crippen molar-refractivity contribution >= 4 is 5.82 Å². The molecule has 0 spiro atoms. The third-order valence-corrected chi connectivity index (χ3v) is 7.04. The van der Waals surface area contributed by atoms with Crippen LogP contribution >= 0.6 is 0 Å². The molecule has 0 aliphatic heterocycles. The predicted molar refractivity (Wildman–Crippen MR) is 126 cm³/mol. The van der Waals surface area contributed by atoms with Crippen LogP contribution in [0.4, 0.5) is 14.6 Å². The van der Waals surface area contributed by atoms with E-state index in [0.29, 0.717) is 30.6 Å². The van der Waals surface area contributed by atoms with Gasteiger partial charge < -0.3 is 4.90 Å². The molecule has 5 heteroatoms. The van der Waals surface area contributed by atoms with Crippen LogP contribution in [0.3, 0.4) is 0 Å². The second-order valence-corrected chi connectivity index (χ2v) is 9.16. The maximum atomic E-state index is 14.8. The molecule has 1 saturated carbocycles. The number of hydrogen-bond donors (Lipinski definition) is 0. The number of halogens is 2. The highest BCUT2D eigenvalue weighted by molar-refractivity contribution is 5.59. The maximum Gasteiger partial charge on any atom is 0.155 e. The second kappa shape index (κ2) is 8.14. The molecule has 33 heavy (non-hydrogen) atoms. The summed E-state index contributed by atoms with van der Waals surface area (Å²) in [6, 6.07) is 24.5. The van der Waals surface area contributed by atoms with Gasteiger partial charge in [-0.2, -0.15) is 0 Å². The third-order valence-electron chi connectivity index (χ3n) is 7.04. The summed E-state index contributed by atoms with van der Waals surface area (Å²) in [7, 11) is 0. The monoisotopic (exact) mass is 441 g/mol. The minimum absolute atomic E-state index is 0.325. The van der Waals surface area contributed by atoms with Crippen molar-refractivity contribution in [3.63, 3.8) is 0 Å². The number of aromatic nitrogens is 2. The van der Waals surface area contributed by atoms with Gasteiger partial charge in [0.2, 0.25) is 0 Å². The summed E-state index contributed by atoms with van der Waals surface area (Å²) < 4.78 is 30.2. The zero-order valence-electron chi connectivity index (χ0n) is 18.3. The van der Waals surface area contributed by atoms with E-state index >= 15 is 0 Å². The summed E-state index contributed by atoms with van der Waals surface area (Å²) in [6.45, 7) is 1.42. The summed E-state index contributed by atoms with van der Waals surface area (Å²) in [5.74, 6) is 0.606. The Kier molecular flexibility index (Phi) is 4.97. The van der Waals surface area contributed by atoms with Crippen LogP contribution in [-0.4, -0.2) is 9.78 Å². The summed E-state index contributed by atoms with van der Waals surface area (Å²) in [5.41, 5.74) is 5.09. The lowest BCUT2D eigenvalue weighted by atomic mass is 9.96. The first-order valence-electron chi connectivity index (χ1n) is 11.6. The largest absolute Gasteiger partial charge is 0.346 e. The van der Waals surface area contributed by atoms with Gasteiger partial charge in [0, 0.05) is 30.6 Å². The van der Waals surface area contributed by atoms with Gasteiger partial charge in [-0.3, -0.25) is 0 Å². The molecule has 2 aliphatic rings. The SMILES string of the molecule is Fc1ccc(-n2nc(N(Cc3ccccc3)Cc3ccccc3)c3c2C2CCC3C2)c(F)c1. The first-order chi connectivity index (χ1) is 16.2. The maximum absolute atomic E-state index is 14.8. The average molecular weight is 442 g/mol. The van der Waals surface area contributed by atoms with Crippen molar-refractivity contribution < 1.29 is 8.78 Å². The predicted octanol–water partition coefficient (Wildman–Crippen LogP) is 6.72. The van der Waals surface area contributed by atoms with Crippen molar-refractivity contribution in [2.75, 3.05) is 4.90 Å². The Hall–Kier alpha value is -3.47. The Labute approximate surface area is 192 Å². The molecule has 4 aromatic rings. The van der Waals surface area contributed by atoms with Crippen LogP contribution in [0.15, 0.2) is 78.9 Å². The van der Waals surface area contributed by atoms with E-state index in [1.807, 2.05) is 12.1 Å². The zero-order chi connectivity index (χ0) is 22.4. The van der Waals surface area contributed by atoms with Crippen LogP contribution < -0.4 is 4.90 Å². The average Bonchev–Trinajstić information content (AvgIpc) is 3.54. The van der Waals surface area contributed by atoms with E-state index in [0.717, 1.165) is 36.8 Å². The van der Waals surface area contributed by atoms with Crippen LogP contribution in [-0.2, 0) is 13.1 Å². The normalized spacial score (nSPS) is 18.5. The quantitative estimate of drug-likeness (QED) is 0.331. The highest BCUT2D eigenvalue weighted by atomic mass is 19.1. The van der Waals surface area contributed by atoms with Crippen LogP contribution in [0.1, 0.15) is 53.5 Å². The molecular weight excluding hydrogens is 416 g/mol. The summed E-state index contributed by atoms with van der Waals surface area (Å²) in [4.78, 5) is 2.31. The first-order valence-corrected chi connectivity index (χ1v) is 11.6. The van der Waals surface area contributed by atoms with Crippen molar-refractivity contribution in [2.24, 2.45) is 0 Å². The van der Waals surface area contributed by atoms with Gasteiger partial charge in [-0.15, -0.1) is 5.10 Å². The number of hydrogen-bond acceptors (Lipinski definition) is 2. The molecule has 2 unspecified atom stereocenters. The fraction of sp³-hybridized carbons (Fsp3) is 0.250. The van der Waals surface area contributed by atoms with Gasteiger partial charge in [0.1, 0.15) is 11.5 Å². The van der Waals surface area contributed by atoms with Crippen molar-refractivity contribution in [1.82, 2.24) is 9.78 Å². The summed E-state index contributed by atoms with van der Waals surface area (Å²) in [6.07, 6.45) is 3.34. The first kappa shape index (κ1) is 20.2. The molecule has 2 bridgehead atoms. The molecule has 1 aromatic heterocycles. The molecule has 6 rings (SSSR count). The van der Waals surface area contributed by atoms with Gasteiger partial charge in [-0.05, 0) is 48.4 Å². The van der Waals surface area contributed by atoms with Crippen molar-refractivity contribution in [3.05, 3.63) is 113 Å². The van der Waals surface area contributed by atoms with Gasteiger partial charge in [0.25, 0.3) is 0 Å². The van der Waals surface area contributed by atoms with Crippen LogP contribution in [0, 0.1) is 11.6 Å². The lowest BCUT2D eigenvalue weighted by Crippen LogP contribution is -2.24. The lowest BCUT2D eigenvalue weighted by Gasteiger charge is -2.25. The smallest absolute Gasteiger partial charge is 0.155 e. The molecule has 166 valence electrons. The second-order valence-electron chi connectivity index (χ2n) is 9.16. The molecule has 1 fully saturated rings. The molecule has 0 amide bonds. The number of anilines is 1. The Bertz CT molecular complexity index is 1240. The van der Waals surface area contributed by atoms with E-state index in [-0.39, 0.29) is 0 Å². The fourth-order valence-electron chi connectivity index (χ4n) is 5.59. The fourth-order valence-corrected chi connectivity index (χ4v) is 5.59.